The van der Waals surface area contributed by atoms with Gasteiger partial charge in [0.15, 0.2) is 11.4 Å². The van der Waals surface area contributed by atoms with Crippen molar-refractivity contribution in [3.8, 4) is 5.75 Å². The van der Waals surface area contributed by atoms with E-state index >= 15 is 0 Å². The van der Waals surface area contributed by atoms with Crippen LogP contribution in [0.2, 0.25) is 0 Å². The second-order valence-electron chi connectivity index (χ2n) is 7.79. The minimum Gasteiger partial charge on any atom is -0.496 e. The van der Waals surface area contributed by atoms with Crippen LogP contribution >= 0.6 is 0 Å². The van der Waals surface area contributed by atoms with Crippen LogP contribution in [0.25, 0.3) is 11.1 Å². The Labute approximate surface area is 180 Å². The number of hydrogen-bond donors (Lipinski definition) is 0. The molecule has 0 atom stereocenters. The van der Waals surface area contributed by atoms with Gasteiger partial charge in [-0.05, 0) is 43.0 Å². The van der Waals surface area contributed by atoms with Gasteiger partial charge in [-0.2, -0.15) is 4.31 Å². The van der Waals surface area contributed by atoms with E-state index < -0.39 is 15.8 Å². The van der Waals surface area contributed by atoms with Crippen molar-refractivity contribution < 1.29 is 22.4 Å². The van der Waals surface area contributed by atoms with Gasteiger partial charge in [0.25, 0.3) is 0 Å². The number of rotatable bonds is 6. The maximum absolute atomic E-state index is 13.0. The molecule has 1 aromatic heterocycles. The molecule has 8 nitrogen and oxygen atoms in total. The van der Waals surface area contributed by atoms with Gasteiger partial charge in [-0.15, -0.1) is 0 Å². The van der Waals surface area contributed by atoms with E-state index in [2.05, 4.69) is 6.92 Å². The number of sulfonamides is 1. The third-order valence-corrected chi connectivity index (χ3v) is 7.62. The highest BCUT2D eigenvalue weighted by molar-refractivity contribution is 7.89. The fourth-order valence-electron chi connectivity index (χ4n) is 3.83. The third-order valence-electron chi connectivity index (χ3n) is 5.73. The van der Waals surface area contributed by atoms with Crippen LogP contribution in [0, 0.1) is 5.92 Å². The topological polar surface area (TPSA) is 98.8 Å². The first-order valence-electron chi connectivity index (χ1n) is 10.1. The maximum atomic E-state index is 13.0. The summed E-state index contributed by atoms with van der Waals surface area (Å²) in [5.41, 5.74) is 0.841. The number of aromatic nitrogens is 1. The number of hydrogen-bond acceptors (Lipinski definition) is 6. The monoisotopic (exact) mass is 444 g/mol. The number of Topliss-reactive ketones (excluding diaryl/α,β-unsaturated/α-hetero) is 1. The Morgan fingerprint density at radius 3 is 2.58 bits per heavy atom. The van der Waals surface area contributed by atoms with Crippen molar-refractivity contribution in [2.24, 2.45) is 5.92 Å². The van der Waals surface area contributed by atoms with Gasteiger partial charge in [0.05, 0.1) is 29.6 Å². The van der Waals surface area contributed by atoms with E-state index in [0.29, 0.717) is 35.8 Å². The molecule has 1 fully saturated rings. The molecule has 2 heterocycles. The lowest BCUT2D eigenvalue weighted by atomic mass is 10.0. The number of fused-ring (bicyclic) bond motifs is 1. The standard InChI is InChI=1S/C22H24N2O6S/c1-15-9-11-23(12-10-15)31(27,28)16-7-8-18-21(13-16)30-22(26)24(18)14-19(25)17-5-3-4-6-20(17)29-2/h3-8,13,15H,9-12,14H2,1-2H3. The molecular weight excluding hydrogens is 420 g/mol. The average molecular weight is 445 g/mol. The molecule has 0 aliphatic carbocycles. The summed E-state index contributed by atoms with van der Waals surface area (Å²) in [7, 11) is -2.21. The van der Waals surface area contributed by atoms with Crippen molar-refractivity contribution in [1.29, 1.82) is 0 Å². The number of ether oxygens (including phenoxy) is 1. The van der Waals surface area contributed by atoms with E-state index in [9.17, 15) is 18.0 Å². The van der Waals surface area contributed by atoms with E-state index in [1.54, 1.807) is 24.3 Å². The molecule has 0 unspecified atom stereocenters. The molecule has 0 N–H and O–H groups in total. The third kappa shape index (κ3) is 4.03. The van der Waals surface area contributed by atoms with Crippen molar-refractivity contribution in [2.75, 3.05) is 20.2 Å². The fourth-order valence-corrected chi connectivity index (χ4v) is 5.32. The van der Waals surface area contributed by atoms with Gasteiger partial charge in [0.2, 0.25) is 10.0 Å². The number of benzene rings is 2. The molecule has 0 spiro atoms. The van der Waals surface area contributed by atoms with Crippen molar-refractivity contribution in [2.45, 2.75) is 31.2 Å². The lowest BCUT2D eigenvalue weighted by Crippen LogP contribution is -2.37. The van der Waals surface area contributed by atoms with E-state index in [1.807, 2.05) is 0 Å². The van der Waals surface area contributed by atoms with Crippen LogP contribution in [0.15, 0.2) is 56.6 Å². The second kappa shape index (κ2) is 8.32. The summed E-state index contributed by atoms with van der Waals surface area (Å²) in [6, 6.07) is 11.1. The van der Waals surface area contributed by atoms with Gasteiger partial charge in [0, 0.05) is 19.2 Å². The lowest BCUT2D eigenvalue weighted by Gasteiger charge is -2.29. The molecule has 0 bridgehead atoms. The Balaban J connectivity index is 1.65. The van der Waals surface area contributed by atoms with Gasteiger partial charge >= 0.3 is 5.76 Å². The van der Waals surface area contributed by atoms with E-state index in [1.165, 1.54) is 34.2 Å². The van der Waals surface area contributed by atoms with Crippen LogP contribution in [0.3, 0.4) is 0 Å². The summed E-state index contributed by atoms with van der Waals surface area (Å²) in [6.45, 7) is 2.81. The highest BCUT2D eigenvalue weighted by atomic mass is 32.2. The van der Waals surface area contributed by atoms with Gasteiger partial charge in [-0.1, -0.05) is 19.1 Å². The first kappa shape index (κ1) is 21.3. The van der Waals surface area contributed by atoms with E-state index in [4.69, 9.17) is 9.15 Å². The van der Waals surface area contributed by atoms with Crippen molar-refractivity contribution in [3.05, 3.63) is 58.6 Å². The van der Waals surface area contributed by atoms with Crippen LogP contribution in [-0.2, 0) is 16.6 Å². The predicted molar refractivity (Wildman–Crippen MR) is 115 cm³/mol. The molecule has 0 amide bonds. The molecule has 4 rings (SSSR count). The molecule has 1 saturated heterocycles. The van der Waals surface area contributed by atoms with Gasteiger partial charge in [0.1, 0.15) is 5.75 Å². The number of carbonyl (C=O) groups excluding carboxylic acids is 1. The van der Waals surface area contributed by atoms with Gasteiger partial charge < -0.3 is 9.15 Å². The zero-order valence-electron chi connectivity index (χ0n) is 17.4. The summed E-state index contributed by atoms with van der Waals surface area (Å²) in [5.74, 6) is -0.125. The zero-order chi connectivity index (χ0) is 22.2. The number of piperidine rings is 1. The quantitative estimate of drug-likeness (QED) is 0.542. The molecule has 31 heavy (non-hydrogen) atoms. The van der Waals surface area contributed by atoms with Crippen molar-refractivity contribution >= 4 is 26.9 Å². The normalized spacial score (nSPS) is 15.9. The summed E-state index contributed by atoms with van der Waals surface area (Å²) >= 11 is 0. The minimum absolute atomic E-state index is 0.0755. The van der Waals surface area contributed by atoms with Crippen LogP contribution in [-0.4, -0.2) is 43.3 Å². The second-order valence-corrected chi connectivity index (χ2v) is 9.73. The molecule has 3 aromatic rings. The van der Waals surface area contributed by atoms with Crippen LogP contribution < -0.4 is 10.5 Å². The van der Waals surface area contributed by atoms with Crippen LogP contribution in [0.5, 0.6) is 5.75 Å². The zero-order valence-corrected chi connectivity index (χ0v) is 18.2. The van der Waals surface area contributed by atoms with Crippen molar-refractivity contribution in [1.82, 2.24) is 8.87 Å². The van der Waals surface area contributed by atoms with E-state index in [-0.39, 0.29) is 22.8 Å². The van der Waals surface area contributed by atoms with Crippen LogP contribution in [0.1, 0.15) is 30.1 Å². The number of oxazole rings is 1. The van der Waals surface area contributed by atoms with Gasteiger partial charge in [-0.25, -0.2) is 13.2 Å². The number of ketones is 1. The molecule has 2 aromatic carbocycles. The minimum atomic E-state index is -3.68. The first-order chi connectivity index (χ1) is 14.8. The van der Waals surface area contributed by atoms with E-state index in [0.717, 1.165) is 12.8 Å². The first-order valence-corrected chi connectivity index (χ1v) is 11.5. The molecule has 164 valence electrons. The Morgan fingerprint density at radius 1 is 1.16 bits per heavy atom. The number of methoxy groups -OCH3 is 1. The fraction of sp³-hybridized carbons (Fsp3) is 0.364. The molecular formula is C22H24N2O6S. The highest BCUT2D eigenvalue weighted by Crippen LogP contribution is 2.26. The Bertz CT molecular complexity index is 1280. The summed E-state index contributed by atoms with van der Waals surface area (Å²) in [6.07, 6.45) is 1.63. The Morgan fingerprint density at radius 2 is 1.87 bits per heavy atom. The highest BCUT2D eigenvalue weighted by Gasteiger charge is 2.29. The molecule has 0 saturated carbocycles. The number of para-hydroxylation sites is 1. The van der Waals surface area contributed by atoms with Crippen molar-refractivity contribution in [3.63, 3.8) is 0 Å². The molecule has 1 aliphatic rings. The molecule has 9 heteroatoms. The Kier molecular flexibility index (Phi) is 5.72. The summed E-state index contributed by atoms with van der Waals surface area (Å²) in [4.78, 5) is 25.3. The SMILES string of the molecule is COc1ccccc1C(=O)Cn1c(=O)oc2cc(S(=O)(=O)N3CCC(C)CC3)ccc21. The predicted octanol–water partition coefficient (Wildman–Crippen LogP) is 2.91. The maximum Gasteiger partial charge on any atom is 0.420 e. The van der Waals surface area contributed by atoms with Gasteiger partial charge in [-0.3, -0.25) is 9.36 Å². The number of nitrogens with zero attached hydrogens (tertiary/aromatic N) is 2. The Hall–Kier alpha value is -2.91. The van der Waals surface area contributed by atoms with Crippen LogP contribution in [0.4, 0.5) is 0 Å². The molecule has 0 radical (unpaired) electrons. The summed E-state index contributed by atoms with van der Waals surface area (Å²) in [5, 5.41) is 0. The number of carbonyl (C=O) groups is 1. The lowest BCUT2D eigenvalue weighted by molar-refractivity contribution is 0.0967. The smallest absolute Gasteiger partial charge is 0.420 e. The largest absolute Gasteiger partial charge is 0.496 e. The average Bonchev–Trinajstić information content (AvgIpc) is 3.08. The summed E-state index contributed by atoms with van der Waals surface area (Å²) < 4.78 is 39.1. The molecule has 1 aliphatic heterocycles.